The van der Waals surface area contributed by atoms with Crippen LogP contribution in [-0.4, -0.2) is 50.6 Å². The summed E-state index contributed by atoms with van der Waals surface area (Å²) in [7, 11) is -3.50. The van der Waals surface area contributed by atoms with E-state index in [2.05, 4.69) is 35.4 Å². The molecular weight excluding hydrogens is 422 g/mol. The normalized spacial score (nSPS) is 16.5. The van der Waals surface area contributed by atoms with Crippen LogP contribution >= 0.6 is 0 Å². The lowest BCUT2D eigenvalue weighted by Crippen LogP contribution is -2.45. The molecule has 0 aliphatic carbocycles. The number of nitrogens with zero attached hydrogens (tertiary/aromatic N) is 1. The van der Waals surface area contributed by atoms with Gasteiger partial charge in [-0.3, -0.25) is 4.90 Å². The average molecular weight is 456 g/mol. The van der Waals surface area contributed by atoms with Crippen LogP contribution in [0.4, 0.5) is 0 Å². The lowest BCUT2D eigenvalue weighted by Gasteiger charge is -2.32. The number of aromatic nitrogens is 1. The predicted octanol–water partition coefficient (Wildman–Crippen LogP) is 4.29. The first-order valence-corrected chi connectivity index (χ1v) is 12.7. The molecule has 2 aromatic carbocycles. The molecule has 3 aromatic rings. The molecule has 1 saturated heterocycles. The van der Waals surface area contributed by atoms with Gasteiger partial charge in [0, 0.05) is 29.7 Å². The number of hydrogen-bond donors (Lipinski definition) is 2. The minimum Gasteiger partial charge on any atom is -0.492 e. The van der Waals surface area contributed by atoms with Gasteiger partial charge in [-0.2, -0.15) is 0 Å². The Hall–Kier alpha value is -2.35. The Labute approximate surface area is 191 Å². The van der Waals surface area contributed by atoms with Gasteiger partial charge in [-0.15, -0.1) is 0 Å². The monoisotopic (exact) mass is 455 g/mol. The standard InChI is InChI=1S/C25H33N3O3S/c1-25(2,3)19-7-9-21(10-8-19)32(29,30)27-20-12-15-28(16-13-20)17-18-31-24-6-4-5-23-22(24)11-14-26-23/h4-11,14,20,26-27H,12-13,15-18H2,1-3H3. The van der Waals surface area contributed by atoms with E-state index < -0.39 is 10.0 Å². The second kappa shape index (κ2) is 9.25. The Balaban J connectivity index is 1.25. The molecule has 0 atom stereocenters. The summed E-state index contributed by atoms with van der Waals surface area (Å²) >= 11 is 0. The number of benzene rings is 2. The van der Waals surface area contributed by atoms with Crippen molar-refractivity contribution in [1.29, 1.82) is 0 Å². The van der Waals surface area contributed by atoms with Crippen LogP contribution in [-0.2, 0) is 15.4 Å². The van der Waals surface area contributed by atoms with E-state index in [0.29, 0.717) is 11.5 Å². The summed E-state index contributed by atoms with van der Waals surface area (Å²) in [6, 6.07) is 15.2. The van der Waals surface area contributed by atoms with Gasteiger partial charge in [0.05, 0.1) is 4.90 Å². The Morgan fingerprint density at radius 3 is 2.47 bits per heavy atom. The van der Waals surface area contributed by atoms with Gasteiger partial charge in [-0.1, -0.05) is 39.0 Å². The van der Waals surface area contributed by atoms with Gasteiger partial charge in [0.2, 0.25) is 10.0 Å². The summed E-state index contributed by atoms with van der Waals surface area (Å²) < 4.78 is 34.5. The number of likely N-dealkylation sites (tertiary alicyclic amines) is 1. The second-order valence-electron chi connectivity index (χ2n) is 9.56. The molecule has 2 heterocycles. The number of ether oxygens (including phenoxy) is 1. The van der Waals surface area contributed by atoms with Gasteiger partial charge in [0.25, 0.3) is 0 Å². The fraction of sp³-hybridized carbons (Fsp3) is 0.440. The average Bonchev–Trinajstić information content (AvgIpc) is 3.24. The molecule has 1 aliphatic heterocycles. The fourth-order valence-corrected chi connectivity index (χ4v) is 5.47. The number of piperidine rings is 1. The van der Waals surface area contributed by atoms with E-state index in [4.69, 9.17) is 4.74 Å². The van der Waals surface area contributed by atoms with Crippen LogP contribution in [0.3, 0.4) is 0 Å². The molecule has 0 radical (unpaired) electrons. The molecule has 2 N–H and O–H groups in total. The van der Waals surface area contributed by atoms with Gasteiger partial charge < -0.3 is 9.72 Å². The van der Waals surface area contributed by atoms with Crippen molar-refractivity contribution in [2.45, 2.75) is 50.0 Å². The first-order chi connectivity index (χ1) is 15.2. The van der Waals surface area contributed by atoms with Crippen molar-refractivity contribution in [2.24, 2.45) is 0 Å². The molecule has 0 amide bonds. The highest BCUT2D eigenvalue weighted by Crippen LogP contribution is 2.25. The van der Waals surface area contributed by atoms with Crippen molar-refractivity contribution in [3.05, 3.63) is 60.3 Å². The molecular formula is C25H33N3O3S. The summed E-state index contributed by atoms with van der Waals surface area (Å²) in [6.07, 6.45) is 3.52. The minimum absolute atomic E-state index is 0.000408. The van der Waals surface area contributed by atoms with E-state index in [-0.39, 0.29) is 11.5 Å². The summed E-state index contributed by atoms with van der Waals surface area (Å²) in [5.74, 6) is 0.892. The first kappa shape index (κ1) is 22.8. The van der Waals surface area contributed by atoms with E-state index >= 15 is 0 Å². The number of sulfonamides is 1. The van der Waals surface area contributed by atoms with Gasteiger partial charge in [0.1, 0.15) is 12.4 Å². The summed E-state index contributed by atoms with van der Waals surface area (Å²) in [6.45, 7) is 9.51. The van der Waals surface area contributed by atoms with E-state index in [9.17, 15) is 8.42 Å². The van der Waals surface area contributed by atoms with Crippen molar-refractivity contribution in [2.75, 3.05) is 26.2 Å². The van der Waals surface area contributed by atoms with Crippen LogP contribution in [0.1, 0.15) is 39.2 Å². The second-order valence-corrected chi connectivity index (χ2v) is 11.3. The minimum atomic E-state index is -3.50. The lowest BCUT2D eigenvalue weighted by atomic mass is 9.87. The molecule has 172 valence electrons. The number of aromatic amines is 1. The van der Waals surface area contributed by atoms with Crippen molar-refractivity contribution in [3.63, 3.8) is 0 Å². The first-order valence-electron chi connectivity index (χ1n) is 11.3. The van der Waals surface area contributed by atoms with Gasteiger partial charge in [-0.05, 0) is 67.2 Å². The zero-order valence-electron chi connectivity index (χ0n) is 19.1. The third kappa shape index (κ3) is 5.34. The molecule has 1 aromatic heterocycles. The molecule has 1 aliphatic rings. The van der Waals surface area contributed by atoms with Gasteiger partial charge in [0.15, 0.2) is 0 Å². The Morgan fingerprint density at radius 1 is 1.06 bits per heavy atom. The number of H-pyrrole nitrogens is 1. The van der Waals surface area contributed by atoms with Crippen LogP contribution in [0.2, 0.25) is 0 Å². The molecule has 7 heteroatoms. The molecule has 0 unspecified atom stereocenters. The van der Waals surface area contributed by atoms with E-state index in [1.807, 2.05) is 42.6 Å². The third-order valence-corrected chi connectivity index (χ3v) is 7.70. The SMILES string of the molecule is CC(C)(C)c1ccc(S(=O)(=O)NC2CCN(CCOc3cccc4[nH]ccc34)CC2)cc1. The maximum absolute atomic E-state index is 12.8. The van der Waals surface area contributed by atoms with Crippen LogP contribution in [0.15, 0.2) is 59.6 Å². The molecule has 1 fully saturated rings. The van der Waals surface area contributed by atoms with Gasteiger partial charge in [-0.25, -0.2) is 13.1 Å². The number of rotatable bonds is 7. The van der Waals surface area contributed by atoms with Crippen molar-refractivity contribution in [3.8, 4) is 5.75 Å². The summed E-state index contributed by atoms with van der Waals surface area (Å²) in [5.41, 5.74) is 2.20. The molecule has 0 saturated carbocycles. The van der Waals surface area contributed by atoms with E-state index in [0.717, 1.165) is 54.7 Å². The van der Waals surface area contributed by atoms with Gasteiger partial charge >= 0.3 is 0 Å². The largest absolute Gasteiger partial charge is 0.492 e. The number of fused-ring (bicyclic) bond motifs is 1. The molecule has 0 bridgehead atoms. The number of nitrogens with one attached hydrogen (secondary N) is 2. The Kier molecular flexibility index (Phi) is 6.60. The van der Waals surface area contributed by atoms with E-state index in [1.54, 1.807) is 12.1 Å². The quantitative estimate of drug-likeness (QED) is 0.557. The number of hydrogen-bond acceptors (Lipinski definition) is 4. The zero-order valence-corrected chi connectivity index (χ0v) is 19.9. The fourth-order valence-electron chi connectivity index (χ4n) is 4.16. The van der Waals surface area contributed by atoms with Crippen molar-refractivity contribution in [1.82, 2.24) is 14.6 Å². The smallest absolute Gasteiger partial charge is 0.240 e. The Bertz CT molecular complexity index is 1140. The topological polar surface area (TPSA) is 74.4 Å². The maximum Gasteiger partial charge on any atom is 0.240 e. The van der Waals surface area contributed by atoms with Crippen molar-refractivity contribution < 1.29 is 13.2 Å². The Morgan fingerprint density at radius 2 is 1.78 bits per heavy atom. The maximum atomic E-state index is 12.8. The van der Waals surface area contributed by atoms with Crippen LogP contribution in [0.25, 0.3) is 10.9 Å². The van der Waals surface area contributed by atoms with Crippen LogP contribution < -0.4 is 9.46 Å². The molecule has 4 rings (SSSR count). The highest BCUT2D eigenvalue weighted by Gasteiger charge is 2.25. The summed E-state index contributed by atoms with van der Waals surface area (Å²) in [5, 5.41) is 1.09. The summed E-state index contributed by atoms with van der Waals surface area (Å²) in [4.78, 5) is 5.86. The predicted molar refractivity (Wildman–Crippen MR) is 129 cm³/mol. The van der Waals surface area contributed by atoms with Crippen molar-refractivity contribution >= 4 is 20.9 Å². The molecule has 32 heavy (non-hydrogen) atoms. The molecule has 6 nitrogen and oxygen atoms in total. The highest BCUT2D eigenvalue weighted by molar-refractivity contribution is 7.89. The van der Waals surface area contributed by atoms with Crippen LogP contribution in [0, 0.1) is 0 Å². The zero-order chi connectivity index (χ0) is 22.8. The van der Waals surface area contributed by atoms with E-state index in [1.165, 1.54) is 0 Å². The van der Waals surface area contributed by atoms with Crippen LogP contribution in [0.5, 0.6) is 5.75 Å². The third-order valence-electron chi connectivity index (χ3n) is 6.16. The molecule has 0 spiro atoms. The highest BCUT2D eigenvalue weighted by atomic mass is 32.2. The lowest BCUT2D eigenvalue weighted by molar-refractivity contribution is 0.171.